The molecule has 0 atom stereocenters. The molecule has 2 aromatic rings. The first-order valence-electron chi connectivity index (χ1n) is 6.80. The van der Waals surface area contributed by atoms with Crippen molar-refractivity contribution in [1.29, 1.82) is 0 Å². The number of aromatic amines is 1. The molecule has 0 amide bonds. The van der Waals surface area contributed by atoms with E-state index >= 15 is 0 Å². The van der Waals surface area contributed by atoms with Crippen LogP contribution in [-0.2, 0) is 6.54 Å². The van der Waals surface area contributed by atoms with Crippen LogP contribution in [0, 0.1) is 0 Å². The predicted molar refractivity (Wildman–Crippen MR) is 76.9 cm³/mol. The van der Waals surface area contributed by atoms with Crippen LogP contribution in [0.1, 0.15) is 18.4 Å². The summed E-state index contributed by atoms with van der Waals surface area (Å²) in [4.78, 5) is 16.2. The second-order valence-corrected chi connectivity index (χ2v) is 4.99. The molecule has 0 saturated carbocycles. The maximum atomic E-state index is 11.1. The molecule has 0 bridgehead atoms. The largest absolute Gasteiger partial charge is 0.324 e. The number of nitrogens with zero attached hydrogens (tertiary/aromatic N) is 3. The second kappa shape index (κ2) is 5.83. The highest BCUT2D eigenvalue weighted by atomic mass is 16.1. The molecule has 1 fully saturated rings. The van der Waals surface area contributed by atoms with Crippen molar-refractivity contribution in [2.45, 2.75) is 19.4 Å². The van der Waals surface area contributed by atoms with E-state index in [0.717, 1.165) is 18.4 Å². The molecule has 1 saturated heterocycles. The van der Waals surface area contributed by atoms with E-state index in [2.05, 4.69) is 37.5 Å². The Kier molecular flexibility index (Phi) is 3.73. The van der Waals surface area contributed by atoms with Gasteiger partial charge in [0, 0.05) is 12.2 Å². The standard InChI is InChI=1S/C14H17N5O/c20-13-9-15-18-14(17-13)16-12-5-3-11(4-6-12)10-19-7-1-2-8-19/h3-6,9H,1-2,7-8,10H2,(H2,16,17,18,20). The molecule has 1 aliphatic heterocycles. The van der Waals surface area contributed by atoms with Gasteiger partial charge in [-0.25, -0.2) is 0 Å². The molecule has 1 aromatic carbocycles. The van der Waals surface area contributed by atoms with Gasteiger partial charge < -0.3 is 5.32 Å². The molecule has 3 rings (SSSR count). The zero-order chi connectivity index (χ0) is 13.8. The van der Waals surface area contributed by atoms with Gasteiger partial charge in [-0.3, -0.25) is 14.7 Å². The van der Waals surface area contributed by atoms with Crippen molar-refractivity contribution in [3.05, 3.63) is 46.4 Å². The molecular formula is C14H17N5O. The number of rotatable bonds is 4. The van der Waals surface area contributed by atoms with Crippen molar-refractivity contribution in [1.82, 2.24) is 20.1 Å². The van der Waals surface area contributed by atoms with Gasteiger partial charge in [-0.15, -0.1) is 10.2 Å². The summed E-state index contributed by atoms with van der Waals surface area (Å²) in [6.07, 6.45) is 3.75. The van der Waals surface area contributed by atoms with Crippen molar-refractivity contribution in [2.75, 3.05) is 18.4 Å². The monoisotopic (exact) mass is 271 g/mol. The molecule has 0 aliphatic carbocycles. The fourth-order valence-electron chi connectivity index (χ4n) is 2.40. The molecule has 0 radical (unpaired) electrons. The Hall–Kier alpha value is -2.21. The average Bonchev–Trinajstić information content (AvgIpc) is 2.94. The SMILES string of the molecule is O=c1cnnc(Nc2ccc(CN3CCCC3)cc2)[nH]1. The summed E-state index contributed by atoms with van der Waals surface area (Å²) in [5.41, 5.74) is 1.91. The van der Waals surface area contributed by atoms with Crippen LogP contribution < -0.4 is 10.9 Å². The zero-order valence-electron chi connectivity index (χ0n) is 11.2. The highest BCUT2D eigenvalue weighted by Gasteiger charge is 2.11. The molecule has 2 heterocycles. The van der Waals surface area contributed by atoms with E-state index in [1.165, 1.54) is 31.5 Å². The fraction of sp³-hybridized carbons (Fsp3) is 0.357. The van der Waals surface area contributed by atoms with Gasteiger partial charge in [-0.2, -0.15) is 0 Å². The lowest BCUT2D eigenvalue weighted by molar-refractivity contribution is 0.331. The van der Waals surface area contributed by atoms with E-state index in [4.69, 9.17) is 0 Å². The van der Waals surface area contributed by atoms with Crippen LogP contribution >= 0.6 is 0 Å². The number of hydrogen-bond acceptors (Lipinski definition) is 5. The van der Waals surface area contributed by atoms with E-state index in [1.54, 1.807) is 0 Å². The maximum Gasteiger partial charge on any atom is 0.271 e. The Labute approximate surface area is 116 Å². The van der Waals surface area contributed by atoms with Crippen molar-refractivity contribution in [3.63, 3.8) is 0 Å². The summed E-state index contributed by atoms with van der Waals surface area (Å²) >= 11 is 0. The van der Waals surface area contributed by atoms with Gasteiger partial charge in [0.1, 0.15) is 6.20 Å². The quantitative estimate of drug-likeness (QED) is 0.881. The van der Waals surface area contributed by atoms with Crippen LogP contribution in [0.3, 0.4) is 0 Å². The Morgan fingerprint density at radius 1 is 1.20 bits per heavy atom. The first-order valence-corrected chi connectivity index (χ1v) is 6.80. The topological polar surface area (TPSA) is 73.9 Å². The van der Waals surface area contributed by atoms with E-state index < -0.39 is 0 Å². The molecule has 2 N–H and O–H groups in total. The number of aromatic nitrogens is 3. The summed E-state index contributed by atoms with van der Waals surface area (Å²) in [7, 11) is 0. The Bertz CT molecular complexity index is 616. The summed E-state index contributed by atoms with van der Waals surface area (Å²) in [6, 6.07) is 8.15. The van der Waals surface area contributed by atoms with E-state index in [9.17, 15) is 4.79 Å². The van der Waals surface area contributed by atoms with Gasteiger partial charge in [-0.05, 0) is 43.6 Å². The lowest BCUT2D eigenvalue weighted by Crippen LogP contribution is -2.18. The molecule has 6 nitrogen and oxygen atoms in total. The summed E-state index contributed by atoms with van der Waals surface area (Å²) in [6.45, 7) is 3.39. The lowest BCUT2D eigenvalue weighted by Gasteiger charge is -2.14. The van der Waals surface area contributed by atoms with Gasteiger partial charge in [0.05, 0.1) is 0 Å². The molecule has 104 valence electrons. The van der Waals surface area contributed by atoms with E-state index in [0.29, 0.717) is 5.95 Å². The van der Waals surface area contributed by atoms with E-state index in [1.807, 2.05) is 12.1 Å². The van der Waals surface area contributed by atoms with Crippen molar-refractivity contribution >= 4 is 11.6 Å². The average molecular weight is 271 g/mol. The van der Waals surface area contributed by atoms with Crippen LogP contribution in [0.4, 0.5) is 11.6 Å². The molecule has 0 spiro atoms. The molecular weight excluding hydrogens is 254 g/mol. The number of likely N-dealkylation sites (tertiary alicyclic amines) is 1. The van der Waals surface area contributed by atoms with Crippen molar-refractivity contribution in [2.24, 2.45) is 0 Å². The van der Waals surface area contributed by atoms with Gasteiger partial charge in [0.2, 0.25) is 5.95 Å². The minimum atomic E-state index is -0.270. The number of H-pyrrole nitrogens is 1. The van der Waals surface area contributed by atoms with Crippen LogP contribution in [0.5, 0.6) is 0 Å². The Balaban J connectivity index is 1.65. The highest BCUT2D eigenvalue weighted by molar-refractivity contribution is 5.52. The van der Waals surface area contributed by atoms with E-state index in [-0.39, 0.29) is 5.56 Å². The summed E-state index contributed by atoms with van der Waals surface area (Å²) < 4.78 is 0. The van der Waals surface area contributed by atoms with Crippen LogP contribution in [-0.4, -0.2) is 33.2 Å². The minimum absolute atomic E-state index is 0.270. The van der Waals surface area contributed by atoms with Gasteiger partial charge in [0.25, 0.3) is 5.56 Å². The van der Waals surface area contributed by atoms with Crippen LogP contribution in [0.2, 0.25) is 0 Å². The van der Waals surface area contributed by atoms with Crippen molar-refractivity contribution in [3.8, 4) is 0 Å². The molecule has 1 aliphatic rings. The molecule has 1 aromatic heterocycles. The summed E-state index contributed by atoms with van der Waals surface area (Å²) in [5.74, 6) is 0.352. The molecule has 20 heavy (non-hydrogen) atoms. The highest BCUT2D eigenvalue weighted by Crippen LogP contribution is 2.16. The smallest absolute Gasteiger partial charge is 0.271 e. The maximum absolute atomic E-state index is 11.1. The van der Waals surface area contributed by atoms with Gasteiger partial charge in [-0.1, -0.05) is 12.1 Å². The number of hydrogen-bond donors (Lipinski definition) is 2. The van der Waals surface area contributed by atoms with Crippen LogP contribution in [0.15, 0.2) is 35.3 Å². The van der Waals surface area contributed by atoms with Gasteiger partial charge >= 0.3 is 0 Å². The number of anilines is 2. The third-order valence-corrected chi connectivity index (χ3v) is 3.40. The second-order valence-electron chi connectivity index (χ2n) is 4.99. The molecule has 6 heteroatoms. The predicted octanol–water partition coefficient (Wildman–Crippen LogP) is 1.50. The fourth-order valence-corrected chi connectivity index (χ4v) is 2.40. The summed E-state index contributed by atoms with van der Waals surface area (Å²) in [5, 5.41) is 10.4. The Morgan fingerprint density at radius 2 is 1.95 bits per heavy atom. The number of benzene rings is 1. The van der Waals surface area contributed by atoms with Crippen LogP contribution in [0.25, 0.3) is 0 Å². The van der Waals surface area contributed by atoms with Crippen molar-refractivity contribution < 1.29 is 0 Å². The normalized spacial score (nSPS) is 15.4. The number of nitrogens with one attached hydrogen (secondary N) is 2. The third-order valence-electron chi connectivity index (χ3n) is 3.40. The first kappa shape index (κ1) is 12.8. The first-order chi connectivity index (χ1) is 9.79. The zero-order valence-corrected chi connectivity index (χ0v) is 11.2. The minimum Gasteiger partial charge on any atom is -0.324 e. The Morgan fingerprint density at radius 3 is 2.65 bits per heavy atom. The van der Waals surface area contributed by atoms with Gasteiger partial charge in [0.15, 0.2) is 0 Å². The third kappa shape index (κ3) is 3.21. The lowest BCUT2D eigenvalue weighted by atomic mass is 10.2. The molecule has 0 unspecified atom stereocenters.